The second-order valence-corrected chi connectivity index (χ2v) is 6.31. The molecule has 0 unspecified atom stereocenters. The van der Waals surface area contributed by atoms with Crippen molar-refractivity contribution in [2.24, 2.45) is 0 Å². The maximum absolute atomic E-state index is 12.8. The van der Waals surface area contributed by atoms with Crippen molar-refractivity contribution in [3.63, 3.8) is 0 Å². The first kappa shape index (κ1) is 19.2. The fourth-order valence-corrected chi connectivity index (χ4v) is 3.00. The summed E-state index contributed by atoms with van der Waals surface area (Å²) in [7, 11) is 1.56. The molecule has 0 radical (unpaired) electrons. The summed E-state index contributed by atoms with van der Waals surface area (Å²) in [4.78, 5) is 18.3. The number of halogens is 3. The number of anilines is 1. The molecule has 144 valence electrons. The Kier molecular flexibility index (Phi) is 5.65. The van der Waals surface area contributed by atoms with Gasteiger partial charge in [-0.05, 0) is 41.8 Å². The number of fused-ring (bicyclic) bond motifs is 1. The van der Waals surface area contributed by atoms with Crippen LogP contribution in [0.25, 0.3) is 0 Å². The number of alkyl halides is 3. The zero-order valence-electron chi connectivity index (χ0n) is 14.8. The number of carbonyl (C=O) groups is 1. The van der Waals surface area contributed by atoms with Crippen LogP contribution in [-0.2, 0) is 23.9 Å². The topological polar surface area (TPSA) is 54.5 Å². The fourth-order valence-electron chi connectivity index (χ4n) is 3.00. The predicted octanol–water partition coefficient (Wildman–Crippen LogP) is 3.04. The van der Waals surface area contributed by atoms with E-state index in [1.165, 1.54) is 18.3 Å². The van der Waals surface area contributed by atoms with E-state index in [2.05, 4.69) is 10.3 Å². The molecule has 0 saturated carbocycles. The van der Waals surface area contributed by atoms with Crippen LogP contribution < -0.4 is 10.2 Å². The van der Waals surface area contributed by atoms with Crippen LogP contribution in [0.3, 0.4) is 0 Å². The van der Waals surface area contributed by atoms with Gasteiger partial charge in [0.15, 0.2) is 0 Å². The largest absolute Gasteiger partial charge is 0.416 e. The van der Waals surface area contributed by atoms with Crippen LogP contribution in [0.5, 0.6) is 0 Å². The van der Waals surface area contributed by atoms with Gasteiger partial charge in [0.1, 0.15) is 5.82 Å². The van der Waals surface area contributed by atoms with Crippen LogP contribution in [0.15, 0.2) is 36.5 Å². The van der Waals surface area contributed by atoms with Crippen molar-refractivity contribution < 1.29 is 22.7 Å². The molecule has 0 aliphatic carbocycles. The lowest BCUT2D eigenvalue weighted by atomic mass is 9.97. The monoisotopic (exact) mass is 379 g/mol. The SMILES string of the molecule is COCCNC(=O)c1ccc(N2CCc3cc(C(F)(F)F)ccc3C2)nc1. The molecule has 0 spiro atoms. The van der Waals surface area contributed by atoms with Gasteiger partial charge in [-0.2, -0.15) is 13.2 Å². The van der Waals surface area contributed by atoms with E-state index in [9.17, 15) is 18.0 Å². The van der Waals surface area contributed by atoms with Gasteiger partial charge in [-0.1, -0.05) is 6.07 Å². The summed E-state index contributed by atoms with van der Waals surface area (Å²) >= 11 is 0. The third-order valence-corrected chi connectivity index (χ3v) is 4.47. The molecule has 0 saturated heterocycles. The molecule has 0 bridgehead atoms. The molecule has 2 heterocycles. The Morgan fingerprint density at radius 3 is 2.74 bits per heavy atom. The number of nitrogens with one attached hydrogen (secondary N) is 1. The first-order valence-electron chi connectivity index (χ1n) is 8.55. The van der Waals surface area contributed by atoms with Gasteiger partial charge in [-0.15, -0.1) is 0 Å². The number of benzene rings is 1. The van der Waals surface area contributed by atoms with E-state index in [4.69, 9.17) is 4.74 Å². The minimum atomic E-state index is -4.33. The average molecular weight is 379 g/mol. The van der Waals surface area contributed by atoms with Crippen LogP contribution in [-0.4, -0.2) is 37.7 Å². The lowest BCUT2D eigenvalue weighted by molar-refractivity contribution is -0.137. The number of ether oxygens (including phenoxy) is 1. The Morgan fingerprint density at radius 2 is 2.07 bits per heavy atom. The number of nitrogens with zero attached hydrogens (tertiary/aromatic N) is 2. The molecule has 2 aromatic rings. The van der Waals surface area contributed by atoms with Crippen molar-refractivity contribution in [2.45, 2.75) is 19.1 Å². The van der Waals surface area contributed by atoms with Gasteiger partial charge in [0.2, 0.25) is 0 Å². The van der Waals surface area contributed by atoms with Gasteiger partial charge >= 0.3 is 6.18 Å². The fraction of sp³-hybridized carbons (Fsp3) is 0.368. The van der Waals surface area contributed by atoms with Gasteiger partial charge in [-0.3, -0.25) is 4.79 Å². The molecule has 1 N–H and O–H groups in total. The Morgan fingerprint density at radius 1 is 1.26 bits per heavy atom. The van der Waals surface area contributed by atoms with Gasteiger partial charge in [0.05, 0.1) is 17.7 Å². The Labute approximate surface area is 155 Å². The zero-order valence-corrected chi connectivity index (χ0v) is 14.8. The normalized spacial score (nSPS) is 14.0. The van der Waals surface area contributed by atoms with Crippen LogP contribution in [0.2, 0.25) is 0 Å². The van der Waals surface area contributed by atoms with E-state index in [1.807, 2.05) is 4.90 Å². The van der Waals surface area contributed by atoms with Crippen LogP contribution in [0.4, 0.5) is 19.0 Å². The van der Waals surface area contributed by atoms with Crippen molar-refractivity contribution in [3.8, 4) is 0 Å². The summed E-state index contributed by atoms with van der Waals surface area (Å²) < 4.78 is 43.4. The Bertz CT molecular complexity index is 807. The van der Waals surface area contributed by atoms with E-state index in [0.717, 1.165) is 17.2 Å². The molecule has 1 aliphatic rings. The Balaban J connectivity index is 1.67. The number of amides is 1. The Hall–Kier alpha value is -2.61. The van der Waals surface area contributed by atoms with E-state index in [-0.39, 0.29) is 5.91 Å². The van der Waals surface area contributed by atoms with E-state index < -0.39 is 11.7 Å². The first-order chi connectivity index (χ1) is 12.9. The van der Waals surface area contributed by atoms with Gasteiger partial charge in [0, 0.05) is 32.9 Å². The van der Waals surface area contributed by atoms with Crippen LogP contribution >= 0.6 is 0 Å². The number of pyridine rings is 1. The summed E-state index contributed by atoms with van der Waals surface area (Å²) in [6.45, 7) is 1.90. The highest BCUT2D eigenvalue weighted by Crippen LogP contribution is 2.32. The second-order valence-electron chi connectivity index (χ2n) is 6.31. The lowest BCUT2D eigenvalue weighted by Gasteiger charge is -2.30. The number of hydrogen-bond acceptors (Lipinski definition) is 4. The summed E-state index contributed by atoms with van der Waals surface area (Å²) in [6.07, 6.45) is -2.31. The van der Waals surface area contributed by atoms with Crippen LogP contribution in [0.1, 0.15) is 27.0 Å². The number of aromatic nitrogens is 1. The lowest BCUT2D eigenvalue weighted by Crippen LogP contribution is -2.31. The number of rotatable bonds is 5. The van der Waals surface area contributed by atoms with Crippen LogP contribution in [0, 0.1) is 0 Å². The molecule has 1 amide bonds. The molecule has 1 aliphatic heterocycles. The van der Waals surface area contributed by atoms with Crippen molar-refractivity contribution in [2.75, 3.05) is 31.7 Å². The van der Waals surface area contributed by atoms with Crippen molar-refractivity contribution in [3.05, 3.63) is 58.8 Å². The highest BCUT2D eigenvalue weighted by Gasteiger charge is 2.31. The minimum absolute atomic E-state index is 0.227. The molecule has 0 fully saturated rings. The first-order valence-corrected chi connectivity index (χ1v) is 8.55. The summed E-state index contributed by atoms with van der Waals surface area (Å²) in [5, 5.41) is 2.72. The van der Waals surface area contributed by atoms with E-state index in [0.29, 0.717) is 44.0 Å². The van der Waals surface area contributed by atoms with Gasteiger partial charge in [-0.25, -0.2) is 4.98 Å². The number of hydrogen-bond donors (Lipinski definition) is 1. The van der Waals surface area contributed by atoms with Gasteiger partial charge in [0.25, 0.3) is 5.91 Å². The maximum Gasteiger partial charge on any atom is 0.416 e. The number of methoxy groups -OCH3 is 1. The quantitative estimate of drug-likeness (QED) is 0.812. The molecule has 5 nitrogen and oxygen atoms in total. The number of carbonyl (C=O) groups excluding carboxylic acids is 1. The third kappa shape index (κ3) is 4.57. The maximum atomic E-state index is 12.8. The van der Waals surface area contributed by atoms with E-state index in [1.54, 1.807) is 19.2 Å². The molecular weight excluding hydrogens is 359 g/mol. The van der Waals surface area contributed by atoms with E-state index >= 15 is 0 Å². The van der Waals surface area contributed by atoms with Gasteiger partial charge < -0.3 is 15.0 Å². The summed E-state index contributed by atoms with van der Waals surface area (Å²) in [5.41, 5.74) is 1.41. The second kappa shape index (κ2) is 7.96. The molecule has 1 aromatic heterocycles. The highest BCUT2D eigenvalue weighted by molar-refractivity contribution is 5.94. The smallest absolute Gasteiger partial charge is 0.383 e. The predicted molar refractivity (Wildman–Crippen MR) is 94.6 cm³/mol. The highest BCUT2D eigenvalue weighted by atomic mass is 19.4. The van der Waals surface area contributed by atoms with Crippen molar-refractivity contribution >= 4 is 11.7 Å². The zero-order chi connectivity index (χ0) is 19.4. The summed E-state index contributed by atoms with van der Waals surface area (Å²) in [6, 6.07) is 7.31. The molecule has 0 atom stereocenters. The molecule has 27 heavy (non-hydrogen) atoms. The molecule has 3 rings (SSSR count). The third-order valence-electron chi connectivity index (χ3n) is 4.47. The molecule has 8 heteroatoms. The molecular formula is C19H20F3N3O2. The van der Waals surface area contributed by atoms with Crippen molar-refractivity contribution in [1.82, 2.24) is 10.3 Å². The minimum Gasteiger partial charge on any atom is -0.383 e. The molecule has 1 aromatic carbocycles. The standard InChI is InChI=1S/C19H20F3N3O2/c1-27-9-7-23-18(26)14-3-5-17(24-11-14)25-8-6-13-10-16(19(20,21)22)4-2-15(13)12-25/h2-5,10-11H,6-9,12H2,1H3,(H,23,26). The van der Waals surface area contributed by atoms with Crippen molar-refractivity contribution in [1.29, 1.82) is 0 Å². The summed E-state index contributed by atoms with van der Waals surface area (Å²) in [5.74, 6) is 0.462. The average Bonchev–Trinajstić information content (AvgIpc) is 2.66.